The van der Waals surface area contributed by atoms with E-state index in [0.717, 1.165) is 0 Å². The Bertz CT molecular complexity index is 421. The molecule has 0 aromatic heterocycles. The van der Waals surface area contributed by atoms with Gasteiger partial charge in [-0.3, -0.25) is 4.79 Å². The Morgan fingerprint density at radius 1 is 1.47 bits per heavy atom. The zero-order valence-corrected chi connectivity index (χ0v) is 9.52. The van der Waals surface area contributed by atoms with Crippen LogP contribution in [0.15, 0.2) is 18.2 Å². The summed E-state index contributed by atoms with van der Waals surface area (Å²) in [5.41, 5.74) is 0.0514. The number of alkyl halides is 3. The molecule has 0 aliphatic rings. The normalized spacial score (nSPS) is 11.1. The third-order valence-corrected chi connectivity index (χ3v) is 2.17. The Morgan fingerprint density at radius 3 is 2.65 bits per heavy atom. The number of rotatable bonds is 3. The van der Waals surface area contributed by atoms with Crippen molar-refractivity contribution < 1.29 is 22.7 Å². The van der Waals surface area contributed by atoms with Crippen LogP contribution in [-0.4, -0.2) is 25.7 Å². The van der Waals surface area contributed by atoms with Crippen molar-refractivity contribution in [3.05, 3.63) is 28.8 Å². The van der Waals surface area contributed by atoms with Gasteiger partial charge in [-0.1, -0.05) is 11.6 Å². The molecular weight excluding hydrogens is 259 g/mol. The number of carbonyl (C=O) groups is 1. The Hall–Kier alpha value is -1.43. The van der Waals surface area contributed by atoms with Crippen LogP contribution < -0.4 is 10.1 Å². The molecule has 0 bridgehead atoms. The van der Waals surface area contributed by atoms with E-state index in [9.17, 15) is 18.0 Å². The van der Waals surface area contributed by atoms with Crippen molar-refractivity contribution in [1.82, 2.24) is 5.32 Å². The number of benzene rings is 1. The summed E-state index contributed by atoms with van der Waals surface area (Å²) < 4.78 is 40.5. The van der Waals surface area contributed by atoms with Crippen LogP contribution in [-0.2, 0) is 0 Å². The summed E-state index contributed by atoms with van der Waals surface area (Å²) in [4.78, 5) is 11.4. The smallest absolute Gasteiger partial charge is 0.405 e. The van der Waals surface area contributed by atoms with Crippen LogP contribution in [0, 0.1) is 0 Å². The predicted molar refractivity (Wildman–Crippen MR) is 56.4 cm³/mol. The summed E-state index contributed by atoms with van der Waals surface area (Å²) in [5.74, 6) is -0.608. The SMILES string of the molecule is COc1cc(C(=O)NCC(F)(F)F)ccc1Cl. The molecule has 1 aromatic carbocycles. The standard InChI is InChI=1S/C10H9ClF3NO2/c1-17-8-4-6(2-3-7(8)11)9(16)15-5-10(12,13)14/h2-4H,5H2,1H3,(H,15,16). The third kappa shape index (κ3) is 4.14. The Morgan fingerprint density at radius 2 is 2.12 bits per heavy atom. The maximum absolute atomic E-state index is 11.9. The van der Waals surface area contributed by atoms with Crippen molar-refractivity contribution in [3.8, 4) is 5.75 Å². The van der Waals surface area contributed by atoms with E-state index < -0.39 is 18.6 Å². The second-order valence-corrected chi connectivity index (χ2v) is 3.55. The van der Waals surface area contributed by atoms with E-state index in [4.69, 9.17) is 16.3 Å². The zero-order chi connectivity index (χ0) is 13.1. The second kappa shape index (κ2) is 5.27. The fourth-order valence-electron chi connectivity index (χ4n) is 1.08. The summed E-state index contributed by atoms with van der Waals surface area (Å²) in [5, 5.41) is 2.02. The molecule has 0 aliphatic heterocycles. The van der Waals surface area contributed by atoms with Crippen molar-refractivity contribution in [2.75, 3.05) is 13.7 Å². The highest BCUT2D eigenvalue weighted by Gasteiger charge is 2.27. The lowest BCUT2D eigenvalue weighted by Crippen LogP contribution is -2.33. The van der Waals surface area contributed by atoms with E-state index >= 15 is 0 Å². The molecular formula is C10H9ClF3NO2. The van der Waals surface area contributed by atoms with E-state index in [0.29, 0.717) is 0 Å². The number of carbonyl (C=O) groups excluding carboxylic acids is 1. The molecule has 0 saturated heterocycles. The Labute approximate surface area is 101 Å². The lowest BCUT2D eigenvalue weighted by Gasteiger charge is -2.09. The number of nitrogens with one attached hydrogen (secondary N) is 1. The maximum atomic E-state index is 11.9. The fourth-order valence-corrected chi connectivity index (χ4v) is 1.28. The van der Waals surface area contributed by atoms with Gasteiger partial charge >= 0.3 is 6.18 Å². The monoisotopic (exact) mass is 267 g/mol. The van der Waals surface area contributed by atoms with Crippen molar-refractivity contribution >= 4 is 17.5 Å². The van der Waals surface area contributed by atoms with Crippen LogP contribution in [0.1, 0.15) is 10.4 Å². The minimum absolute atomic E-state index is 0.0514. The molecule has 0 unspecified atom stereocenters. The van der Waals surface area contributed by atoms with Gasteiger partial charge in [0.15, 0.2) is 0 Å². The van der Waals surface area contributed by atoms with E-state index in [2.05, 4.69) is 0 Å². The first kappa shape index (κ1) is 13.6. The van der Waals surface area contributed by atoms with Gasteiger partial charge < -0.3 is 10.1 Å². The van der Waals surface area contributed by atoms with Crippen molar-refractivity contribution in [3.63, 3.8) is 0 Å². The molecule has 0 atom stereocenters. The van der Waals surface area contributed by atoms with Gasteiger partial charge in [-0.25, -0.2) is 0 Å². The second-order valence-electron chi connectivity index (χ2n) is 3.15. The molecule has 17 heavy (non-hydrogen) atoms. The van der Waals surface area contributed by atoms with Gasteiger partial charge in [0.25, 0.3) is 5.91 Å². The highest BCUT2D eigenvalue weighted by atomic mass is 35.5. The highest BCUT2D eigenvalue weighted by Crippen LogP contribution is 2.25. The first-order valence-corrected chi connectivity index (χ1v) is 4.90. The Kier molecular flexibility index (Phi) is 4.22. The summed E-state index contributed by atoms with van der Waals surface area (Å²) in [7, 11) is 1.35. The quantitative estimate of drug-likeness (QED) is 0.914. The molecule has 0 fully saturated rings. The van der Waals surface area contributed by atoms with Gasteiger partial charge in [-0.15, -0.1) is 0 Å². The average molecular weight is 268 g/mol. The van der Waals surface area contributed by atoms with Crippen LogP contribution in [0.3, 0.4) is 0 Å². The summed E-state index contributed by atoms with van der Waals surface area (Å²) in [6.45, 7) is -1.38. The number of methoxy groups -OCH3 is 1. The average Bonchev–Trinajstić information content (AvgIpc) is 2.25. The van der Waals surface area contributed by atoms with Gasteiger partial charge in [0, 0.05) is 5.56 Å². The first-order chi connectivity index (χ1) is 7.83. The van der Waals surface area contributed by atoms with Crippen molar-refractivity contribution in [2.24, 2.45) is 0 Å². The molecule has 1 amide bonds. The fraction of sp³-hybridized carbons (Fsp3) is 0.300. The minimum atomic E-state index is -4.44. The van der Waals surface area contributed by atoms with E-state index in [1.54, 1.807) is 5.32 Å². The molecule has 7 heteroatoms. The summed E-state index contributed by atoms with van der Waals surface area (Å²) >= 11 is 5.71. The van der Waals surface area contributed by atoms with Crippen LogP contribution in [0.4, 0.5) is 13.2 Å². The van der Waals surface area contributed by atoms with Crippen LogP contribution >= 0.6 is 11.6 Å². The third-order valence-electron chi connectivity index (χ3n) is 1.86. The van der Waals surface area contributed by atoms with Gasteiger partial charge in [0.1, 0.15) is 12.3 Å². The first-order valence-electron chi connectivity index (χ1n) is 4.52. The molecule has 0 spiro atoms. The van der Waals surface area contributed by atoms with Crippen LogP contribution in [0.2, 0.25) is 5.02 Å². The lowest BCUT2D eigenvalue weighted by atomic mass is 10.2. The Balaban J connectivity index is 2.76. The van der Waals surface area contributed by atoms with Gasteiger partial charge in [-0.2, -0.15) is 13.2 Å². The highest BCUT2D eigenvalue weighted by molar-refractivity contribution is 6.32. The topological polar surface area (TPSA) is 38.3 Å². The largest absolute Gasteiger partial charge is 0.495 e. The molecule has 0 saturated carbocycles. The molecule has 0 aliphatic carbocycles. The number of halogens is 4. The molecule has 1 N–H and O–H groups in total. The van der Waals surface area contributed by atoms with E-state index in [1.165, 1.54) is 25.3 Å². The summed E-state index contributed by atoms with van der Waals surface area (Å²) in [6.07, 6.45) is -4.44. The molecule has 94 valence electrons. The molecule has 0 radical (unpaired) electrons. The molecule has 0 heterocycles. The van der Waals surface area contributed by atoms with Crippen molar-refractivity contribution in [1.29, 1.82) is 0 Å². The van der Waals surface area contributed by atoms with Crippen LogP contribution in [0.5, 0.6) is 5.75 Å². The minimum Gasteiger partial charge on any atom is -0.495 e. The maximum Gasteiger partial charge on any atom is 0.405 e. The predicted octanol–water partition coefficient (Wildman–Crippen LogP) is 2.64. The molecule has 1 rings (SSSR count). The van der Waals surface area contributed by atoms with E-state index in [-0.39, 0.29) is 16.3 Å². The van der Waals surface area contributed by atoms with Crippen LogP contribution in [0.25, 0.3) is 0 Å². The number of ether oxygens (including phenoxy) is 1. The van der Waals surface area contributed by atoms with Gasteiger partial charge in [-0.05, 0) is 18.2 Å². The number of hydrogen-bond acceptors (Lipinski definition) is 2. The summed E-state index contributed by atoms with van der Waals surface area (Å²) in [6, 6.07) is 3.97. The van der Waals surface area contributed by atoms with E-state index in [1.807, 2.05) is 0 Å². The molecule has 3 nitrogen and oxygen atoms in total. The van der Waals surface area contributed by atoms with Gasteiger partial charge in [0.2, 0.25) is 0 Å². The zero-order valence-electron chi connectivity index (χ0n) is 8.77. The lowest BCUT2D eigenvalue weighted by molar-refractivity contribution is -0.123. The van der Waals surface area contributed by atoms with Gasteiger partial charge in [0.05, 0.1) is 12.1 Å². The number of amides is 1. The number of hydrogen-bond donors (Lipinski definition) is 1. The van der Waals surface area contributed by atoms with Crippen molar-refractivity contribution in [2.45, 2.75) is 6.18 Å². The molecule has 1 aromatic rings.